The summed E-state index contributed by atoms with van der Waals surface area (Å²) in [5.74, 6) is 0.834. The fourth-order valence-electron chi connectivity index (χ4n) is 3.04. The van der Waals surface area contributed by atoms with Crippen molar-refractivity contribution in [3.05, 3.63) is 58.4 Å². The van der Waals surface area contributed by atoms with Crippen LogP contribution in [-0.4, -0.2) is 17.6 Å². The minimum Gasteiger partial charge on any atom is -0.496 e. The van der Waals surface area contributed by atoms with Crippen LogP contribution < -0.4 is 10.1 Å². The van der Waals surface area contributed by atoms with Crippen LogP contribution in [0.15, 0.2) is 35.9 Å². The van der Waals surface area contributed by atoms with Crippen molar-refractivity contribution in [2.24, 2.45) is 5.92 Å². The quantitative estimate of drug-likeness (QED) is 0.596. The van der Waals surface area contributed by atoms with Crippen LogP contribution >= 0.6 is 0 Å². The van der Waals surface area contributed by atoms with Gasteiger partial charge in [0.05, 0.1) is 7.11 Å². The lowest BCUT2D eigenvalue weighted by Gasteiger charge is -2.12. The van der Waals surface area contributed by atoms with E-state index in [1.54, 1.807) is 13.2 Å². The number of amides is 1. The predicted octanol–water partition coefficient (Wildman–Crippen LogP) is 3.99. The summed E-state index contributed by atoms with van der Waals surface area (Å²) in [5.41, 5.74) is 4.04. The number of nitrogens with one attached hydrogen (secondary N) is 1. The standard InChI is InChI=1S/C22H27N3O2/c1-15(2)14-25-16(3)10-19(17(25)4)11-20(12-23)22(26)24-13-18-8-6-7-9-21(18)27-5/h6-11,15H,13-14H2,1-5H3,(H,24,26)/b20-11+. The molecule has 0 atom stereocenters. The molecule has 1 N–H and O–H groups in total. The number of nitriles is 1. The maximum Gasteiger partial charge on any atom is 0.262 e. The minimum absolute atomic E-state index is 0.0923. The minimum atomic E-state index is -0.392. The van der Waals surface area contributed by atoms with Gasteiger partial charge in [-0.2, -0.15) is 5.26 Å². The fraction of sp³-hybridized carbons (Fsp3) is 0.364. The summed E-state index contributed by atoms with van der Waals surface area (Å²) >= 11 is 0. The number of carbonyl (C=O) groups is 1. The van der Waals surface area contributed by atoms with Crippen LogP contribution in [0.5, 0.6) is 5.75 Å². The molecule has 0 spiro atoms. The average Bonchev–Trinajstić information content (AvgIpc) is 2.91. The van der Waals surface area contributed by atoms with E-state index in [1.807, 2.05) is 50.2 Å². The normalized spacial score (nSPS) is 11.4. The van der Waals surface area contributed by atoms with Crippen LogP contribution in [0.2, 0.25) is 0 Å². The molecule has 1 amide bonds. The third kappa shape index (κ3) is 5.01. The van der Waals surface area contributed by atoms with Gasteiger partial charge in [-0.25, -0.2) is 0 Å². The van der Waals surface area contributed by atoms with E-state index >= 15 is 0 Å². The number of ether oxygens (including phenoxy) is 1. The molecule has 5 nitrogen and oxygen atoms in total. The molecule has 0 aliphatic carbocycles. The molecule has 2 rings (SSSR count). The van der Waals surface area contributed by atoms with E-state index in [2.05, 4.69) is 23.7 Å². The van der Waals surface area contributed by atoms with E-state index in [0.29, 0.717) is 18.2 Å². The largest absolute Gasteiger partial charge is 0.496 e. The second kappa shape index (κ2) is 9.09. The summed E-state index contributed by atoms with van der Waals surface area (Å²) in [5, 5.41) is 12.3. The molecule has 0 saturated carbocycles. The van der Waals surface area contributed by atoms with E-state index in [1.165, 1.54) is 0 Å². The van der Waals surface area contributed by atoms with Crippen molar-refractivity contribution < 1.29 is 9.53 Å². The Morgan fingerprint density at radius 3 is 2.67 bits per heavy atom. The Bertz CT molecular complexity index is 885. The van der Waals surface area contributed by atoms with Gasteiger partial charge in [0.1, 0.15) is 17.4 Å². The number of rotatable bonds is 7. The Hall–Kier alpha value is -3.00. The lowest BCUT2D eigenvalue weighted by atomic mass is 10.1. The monoisotopic (exact) mass is 365 g/mol. The highest BCUT2D eigenvalue weighted by atomic mass is 16.5. The van der Waals surface area contributed by atoms with Gasteiger partial charge in [0, 0.05) is 30.0 Å². The molecule has 0 aliphatic heterocycles. The SMILES string of the molecule is COc1ccccc1CNC(=O)/C(C#N)=C/c1cc(C)n(CC(C)C)c1C. The Balaban J connectivity index is 2.19. The molecule has 0 unspecified atom stereocenters. The Labute approximate surface area is 161 Å². The maximum atomic E-state index is 12.5. The molecule has 1 aromatic heterocycles. The second-order valence-corrected chi connectivity index (χ2v) is 7.00. The summed E-state index contributed by atoms with van der Waals surface area (Å²) in [7, 11) is 1.59. The van der Waals surface area contributed by atoms with Crippen molar-refractivity contribution in [1.29, 1.82) is 5.26 Å². The van der Waals surface area contributed by atoms with Crippen LogP contribution in [0, 0.1) is 31.1 Å². The van der Waals surface area contributed by atoms with Gasteiger partial charge in [-0.05, 0) is 43.5 Å². The zero-order valence-corrected chi connectivity index (χ0v) is 16.7. The molecule has 0 bridgehead atoms. The summed E-state index contributed by atoms with van der Waals surface area (Å²) in [6, 6.07) is 11.5. The molecule has 2 aromatic rings. The van der Waals surface area contributed by atoms with E-state index in [4.69, 9.17) is 4.74 Å². The summed E-state index contributed by atoms with van der Waals surface area (Å²) in [6.45, 7) is 9.60. The van der Waals surface area contributed by atoms with Gasteiger partial charge in [-0.15, -0.1) is 0 Å². The van der Waals surface area contributed by atoms with Crippen LogP contribution in [0.25, 0.3) is 6.08 Å². The summed E-state index contributed by atoms with van der Waals surface area (Å²) < 4.78 is 7.51. The highest BCUT2D eigenvalue weighted by Gasteiger charge is 2.14. The molecule has 142 valence electrons. The summed E-state index contributed by atoms with van der Waals surface area (Å²) in [4.78, 5) is 12.5. The van der Waals surface area contributed by atoms with Gasteiger partial charge in [-0.1, -0.05) is 32.0 Å². The molecule has 0 aliphatic rings. The highest BCUT2D eigenvalue weighted by molar-refractivity contribution is 6.01. The van der Waals surface area contributed by atoms with E-state index in [0.717, 1.165) is 29.1 Å². The highest BCUT2D eigenvalue weighted by Crippen LogP contribution is 2.20. The summed E-state index contributed by atoms with van der Waals surface area (Å²) in [6.07, 6.45) is 1.66. The first kappa shape index (κ1) is 20.3. The zero-order valence-electron chi connectivity index (χ0n) is 16.7. The third-order valence-electron chi connectivity index (χ3n) is 4.46. The number of hydrogen-bond acceptors (Lipinski definition) is 3. The first-order valence-electron chi connectivity index (χ1n) is 9.06. The number of para-hydroxylation sites is 1. The smallest absolute Gasteiger partial charge is 0.262 e. The third-order valence-corrected chi connectivity index (χ3v) is 4.46. The van der Waals surface area contributed by atoms with Crippen molar-refractivity contribution >= 4 is 12.0 Å². The van der Waals surface area contributed by atoms with Gasteiger partial charge in [0.2, 0.25) is 0 Å². The van der Waals surface area contributed by atoms with Crippen molar-refractivity contribution in [2.45, 2.75) is 40.8 Å². The van der Waals surface area contributed by atoms with Gasteiger partial charge in [0.25, 0.3) is 5.91 Å². The Morgan fingerprint density at radius 2 is 2.04 bits per heavy atom. The van der Waals surface area contributed by atoms with Crippen LogP contribution in [0.3, 0.4) is 0 Å². The second-order valence-electron chi connectivity index (χ2n) is 7.00. The molecule has 0 fully saturated rings. The number of methoxy groups -OCH3 is 1. The van der Waals surface area contributed by atoms with Crippen LogP contribution in [0.4, 0.5) is 0 Å². The molecular weight excluding hydrogens is 338 g/mol. The van der Waals surface area contributed by atoms with Crippen molar-refractivity contribution in [1.82, 2.24) is 9.88 Å². The van der Waals surface area contributed by atoms with Crippen LogP contribution in [0.1, 0.15) is 36.4 Å². The van der Waals surface area contributed by atoms with Crippen LogP contribution in [-0.2, 0) is 17.9 Å². The Kier molecular flexibility index (Phi) is 6.84. The number of aryl methyl sites for hydroxylation is 1. The predicted molar refractivity (Wildman–Crippen MR) is 107 cm³/mol. The first-order valence-corrected chi connectivity index (χ1v) is 9.06. The van der Waals surface area contributed by atoms with Crippen molar-refractivity contribution in [2.75, 3.05) is 7.11 Å². The van der Waals surface area contributed by atoms with Crippen molar-refractivity contribution in [3.63, 3.8) is 0 Å². The van der Waals surface area contributed by atoms with Crippen molar-refractivity contribution in [3.8, 4) is 11.8 Å². The molecule has 5 heteroatoms. The lowest BCUT2D eigenvalue weighted by Crippen LogP contribution is -2.24. The van der Waals surface area contributed by atoms with Gasteiger partial charge in [-0.3, -0.25) is 4.79 Å². The fourth-order valence-corrected chi connectivity index (χ4v) is 3.04. The molecule has 1 aromatic carbocycles. The first-order chi connectivity index (χ1) is 12.9. The van der Waals surface area contributed by atoms with Gasteiger partial charge in [0.15, 0.2) is 0 Å². The van der Waals surface area contributed by atoms with E-state index in [9.17, 15) is 10.1 Å². The maximum absolute atomic E-state index is 12.5. The molecule has 0 saturated heterocycles. The molecule has 0 radical (unpaired) electrons. The number of aromatic nitrogens is 1. The molecule has 1 heterocycles. The number of carbonyl (C=O) groups excluding carboxylic acids is 1. The van der Waals surface area contributed by atoms with E-state index < -0.39 is 5.91 Å². The number of benzene rings is 1. The van der Waals surface area contributed by atoms with E-state index in [-0.39, 0.29) is 5.57 Å². The lowest BCUT2D eigenvalue weighted by molar-refractivity contribution is -0.117. The number of nitrogens with zero attached hydrogens (tertiary/aromatic N) is 2. The molecule has 27 heavy (non-hydrogen) atoms. The van der Waals surface area contributed by atoms with Gasteiger partial charge >= 0.3 is 0 Å². The Morgan fingerprint density at radius 1 is 1.33 bits per heavy atom. The topological polar surface area (TPSA) is 67.0 Å². The van der Waals surface area contributed by atoms with Gasteiger partial charge < -0.3 is 14.6 Å². The molecular formula is C22H27N3O2. The number of hydrogen-bond donors (Lipinski definition) is 1. The zero-order chi connectivity index (χ0) is 20.0. The average molecular weight is 365 g/mol.